The van der Waals surface area contributed by atoms with Crippen LogP contribution >= 0.6 is 23.2 Å². The Labute approximate surface area is 127 Å². The van der Waals surface area contributed by atoms with Crippen LogP contribution in [0.15, 0.2) is 24.3 Å². The fraction of sp³-hybridized carbons (Fsp3) is 0.357. The third-order valence-corrected chi connectivity index (χ3v) is 3.23. The number of aliphatic hydroxyl groups is 1. The second-order valence-electron chi connectivity index (χ2n) is 4.29. The van der Waals surface area contributed by atoms with Crippen molar-refractivity contribution >= 4 is 35.2 Å². The Morgan fingerprint density at radius 2 is 2.15 bits per heavy atom. The number of rotatable bonds is 7. The highest BCUT2D eigenvalue weighted by atomic mass is 35.5. The van der Waals surface area contributed by atoms with Gasteiger partial charge in [-0.25, -0.2) is 0 Å². The first-order valence-corrected chi connectivity index (χ1v) is 6.74. The second kappa shape index (κ2) is 8.27. The number of halogens is 2. The predicted octanol–water partition coefficient (Wildman–Crippen LogP) is 3.25. The average molecular weight is 319 g/mol. The van der Waals surface area contributed by atoms with E-state index in [0.717, 1.165) is 5.56 Å². The third-order valence-electron chi connectivity index (χ3n) is 2.67. The summed E-state index contributed by atoms with van der Waals surface area (Å²) < 4.78 is 5.18. The van der Waals surface area contributed by atoms with Crippen molar-refractivity contribution in [3.63, 3.8) is 0 Å². The fourth-order valence-corrected chi connectivity index (χ4v) is 2.13. The van der Waals surface area contributed by atoms with Gasteiger partial charge in [-0.1, -0.05) is 41.4 Å². The molecule has 2 unspecified atom stereocenters. The van der Waals surface area contributed by atoms with E-state index < -0.39 is 18.2 Å². The van der Waals surface area contributed by atoms with E-state index in [2.05, 4.69) is 0 Å². The van der Waals surface area contributed by atoms with Gasteiger partial charge in [0, 0.05) is 23.6 Å². The maximum Gasteiger partial charge on any atom is 0.305 e. The minimum Gasteiger partial charge on any atom is -0.481 e. The van der Waals surface area contributed by atoms with Crippen molar-refractivity contribution in [3.8, 4) is 0 Å². The van der Waals surface area contributed by atoms with E-state index >= 15 is 0 Å². The summed E-state index contributed by atoms with van der Waals surface area (Å²) in [5.41, 5.74) is 0.769. The number of ether oxygens (including phenoxy) is 1. The van der Waals surface area contributed by atoms with Gasteiger partial charge in [0.05, 0.1) is 18.6 Å². The third kappa shape index (κ3) is 5.92. The van der Waals surface area contributed by atoms with Crippen LogP contribution in [-0.4, -0.2) is 35.5 Å². The van der Waals surface area contributed by atoms with E-state index in [1.807, 2.05) is 0 Å². The van der Waals surface area contributed by atoms with Crippen LogP contribution in [0, 0.1) is 0 Å². The summed E-state index contributed by atoms with van der Waals surface area (Å²) >= 11 is 11.8. The predicted molar refractivity (Wildman–Crippen MR) is 79.2 cm³/mol. The van der Waals surface area contributed by atoms with E-state index in [1.165, 1.54) is 7.11 Å². The standard InChI is InChI=1S/C14H16Cl2O4/c1-20-12(7-11(17)8-14(18)19)5-3-9-2-4-10(15)6-13(9)16/h2-6,11-12,17H,7-8H2,1H3,(H,18,19)/b5-3+. The highest BCUT2D eigenvalue weighted by Gasteiger charge is 2.14. The smallest absolute Gasteiger partial charge is 0.305 e. The molecule has 2 N–H and O–H groups in total. The number of aliphatic carboxylic acids is 1. The monoisotopic (exact) mass is 318 g/mol. The first kappa shape index (κ1) is 17.0. The Morgan fingerprint density at radius 3 is 2.70 bits per heavy atom. The number of carbonyl (C=O) groups is 1. The molecule has 0 aliphatic carbocycles. The van der Waals surface area contributed by atoms with Gasteiger partial charge in [0.15, 0.2) is 0 Å². The number of hydrogen-bond acceptors (Lipinski definition) is 3. The number of hydrogen-bond donors (Lipinski definition) is 2. The molecule has 1 aromatic rings. The topological polar surface area (TPSA) is 66.8 Å². The molecule has 4 nitrogen and oxygen atoms in total. The molecule has 2 atom stereocenters. The highest BCUT2D eigenvalue weighted by Crippen LogP contribution is 2.22. The van der Waals surface area contributed by atoms with Gasteiger partial charge in [-0.2, -0.15) is 0 Å². The van der Waals surface area contributed by atoms with Crippen LogP contribution < -0.4 is 0 Å². The van der Waals surface area contributed by atoms with Gasteiger partial charge >= 0.3 is 5.97 Å². The zero-order chi connectivity index (χ0) is 15.1. The van der Waals surface area contributed by atoms with Crippen LogP contribution in [0.3, 0.4) is 0 Å². The highest BCUT2D eigenvalue weighted by molar-refractivity contribution is 6.35. The molecular weight excluding hydrogens is 303 g/mol. The minimum atomic E-state index is -1.04. The Balaban J connectivity index is 2.67. The van der Waals surface area contributed by atoms with Crippen LogP contribution in [-0.2, 0) is 9.53 Å². The molecule has 6 heteroatoms. The van der Waals surface area contributed by atoms with Crippen LogP contribution in [0.5, 0.6) is 0 Å². The number of carboxylic acid groups (broad SMARTS) is 1. The van der Waals surface area contributed by atoms with Crippen LogP contribution in [0.4, 0.5) is 0 Å². The molecule has 20 heavy (non-hydrogen) atoms. The second-order valence-corrected chi connectivity index (χ2v) is 5.13. The Kier molecular flexibility index (Phi) is 7.02. The van der Waals surface area contributed by atoms with E-state index in [1.54, 1.807) is 30.4 Å². The average Bonchev–Trinajstić information content (AvgIpc) is 2.35. The number of carboxylic acids is 1. The Hall–Kier alpha value is -1.07. The van der Waals surface area contributed by atoms with Gasteiger partial charge in [-0.15, -0.1) is 0 Å². The molecule has 0 radical (unpaired) electrons. The van der Waals surface area contributed by atoms with E-state index in [-0.39, 0.29) is 12.8 Å². The Morgan fingerprint density at radius 1 is 1.45 bits per heavy atom. The molecule has 0 amide bonds. The summed E-state index contributed by atoms with van der Waals surface area (Å²) in [6.07, 6.45) is 2.01. The van der Waals surface area contributed by atoms with Crippen molar-refractivity contribution in [3.05, 3.63) is 39.9 Å². The molecule has 0 bridgehead atoms. The molecule has 1 rings (SSSR count). The summed E-state index contributed by atoms with van der Waals surface area (Å²) in [7, 11) is 1.49. The molecule has 0 saturated heterocycles. The molecule has 0 aliphatic rings. The van der Waals surface area contributed by atoms with Crippen LogP contribution in [0.1, 0.15) is 18.4 Å². The van der Waals surface area contributed by atoms with Gasteiger partial charge in [0.1, 0.15) is 0 Å². The summed E-state index contributed by atoms with van der Waals surface area (Å²) in [6, 6.07) is 5.11. The molecule has 0 aliphatic heterocycles. The minimum absolute atomic E-state index is 0.199. The van der Waals surface area contributed by atoms with Gasteiger partial charge < -0.3 is 14.9 Å². The van der Waals surface area contributed by atoms with Crippen molar-refractivity contribution in [2.45, 2.75) is 25.0 Å². The van der Waals surface area contributed by atoms with Gasteiger partial charge in [-0.05, 0) is 17.7 Å². The van der Waals surface area contributed by atoms with E-state index in [0.29, 0.717) is 10.0 Å². The van der Waals surface area contributed by atoms with Gasteiger partial charge in [-0.3, -0.25) is 4.79 Å². The van der Waals surface area contributed by atoms with Crippen LogP contribution in [0.25, 0.3) is 6.08 Å². The van der Waals surface area contributed by atoms with Crippen molar-refractivity contribution < 1.29 is 19.7 Å². The van der Waals surface area contributed by atoms with Crippen molar-refractivity contribution in [1.29, 1.82) is 0 Å². The summed E-state index contributed by atoms with van der Waals surface area (Å²) in [5, 5.41) is 19.2. The zero-order valence-corrected chi connectivity index (χ0v) is 12.4. The molecule has 0 saturated carbocycles. The maximum atomic E-state index is 10.5. The number of methoxy groups -OCH3 is 1. The molecule has 0 spiro atoms. The first-order valence-electron chi connectivity index (χ1n) is 5.98. The molecule has 0 aromatic heterocycles. The molecule has 0 heterocycles. The number of benzene rings is 1. The van der Waals surface area contributed by atoms with Crippen molar-refractivity contribution in [2.75, 3.05) is 7.11 Å². The zero-order valence-electron chi connectivity index (χ0n) is 10.9. The van der Waals surface area contributed by atoms with Crippen LogP contribution in [0.2, 0.25) is 10.0 Å². The summed E-state index contributed by atoms with van der Waals surface area (Å²) in [5.74, 6) is -1.04. The first-order chi connectivity index (χ1) is 9.42. The summed E-state index contributed by atoms with van der Waals surface area (Å²) in [6.45, 7) is 0. The maximum absolute atomic E-state index is 10.5. The lowest BCUT2D eigenvalue weighted by atomic mass is 10.1. The quantitative estimate of drug-likeness (QED) is 0.809. The Bertz CT molecular complexity index is 488. The van der Waals surface area contributed by atoms with Crippen molar-refractivity contribution in [1.82, 2.24) is 0 Å². The van der Waals surface area contributed by atoms with E-state index in [4.69, 9.17) is 33.0 Å². The van der Waals surface area contributed by atoms with E-state index in [9.17, 15) is 9.90 Å². The lowest BCUT2D eigenvalue weighted by Gasteiger charge is -2.14. The fourth-order valence-electron chi connectivity index (χ4n) is 1.65. The molecule has 1 aromatic carbocycles. The molecule has 110 valence electrons. The van der Waals surface area contributed by atoms with Gasteiger partial charge in [0.2, 0.25) is 0 Å². The van der Waals surface area contributed by atoms with Gasteiger partial charge in [0.25, 0.3) is 0 Å². The van der Waals surface area contributed by atoms with Crippen molar-refractivity contribution in [2.24, 2.45) is 0 Å². The molecular formula is C14H16Cl2O4. The molecule has 0 fully saturated rings. The lowest BCUT2D eigenvalue weighted by molar-refractivity contribution is -0.139. The lowest BCUT2D eigenvalue weighted by Crippen LogP contribution is -2.20. The normalized spacial score (nSPS) is 14.4. The number of aliphatic hydroxyl groups excluding tert-OH is 1. The largest absolute Gasteiger partial charge is 0.481 e. The SMILES string of the molecule is COC(/C=C/c1ccc(Cl)cc1Cl)CC(O)CC(=O)O. The summed E-state index contributed by atoms with van der Waals surface area (Å²) in [4.78, 5) is 10.5.